The fourth-order valence-corrected chi connectivity index (χ4v) is 4.27. The van der Waals surface area contributed by atoms with Crippen molar-refractivity contribution < 1.29 is 4.79 Å². The van der Waals surface area contributed by atoms with Gasteiger partial charge in [-0.05, 0) is 28.8 Å². The van der Waals surface area contributed by atoms with Crippen molar-refractivity contribution in [2.24, 2.45) is 0 Å². The van der Waals surface area contributed by atoms with E-state index in [-0.39, 0.29) is 5.91 Å². The van der Waals surface area contributed by atoms with E-state index in [4.69, 9.17) is 0 Å². The lowest BCUT2D eigenvalue weighted by Gasteiger charge is -2.43. The zero-order valence-corrected chi connectivity index (χ0v) is 15.0. The fraction of sp³-hybridized carbons (Fsp3) is 0.750. The Bertz CT molecular complexity index is 577. The van der Waals surface area contributed by atoms with Gasteiger partial charge in [0, 0.05) is 45.3 Å². The fourth-order valence-electron chi connectivity index (χ4n) is 3.79. The summed E-state index contributed by atoms with van der Waals surface area (Å²) in [5, 5.41) is 0. The molecule has 0 bridgehead atoms. The predicted octanol–water partition coefficient (Wildman–Crippen LogP) is 1.16. The molecule has 4 rings (SSSR count). The highest BCUT2D eigenvalue weighted by molar-refractivity contribution is 9.10. The third kappa shape index (κ3) is 3.19. The number of hydrogen-bond donors (Lipinski definition) is 0. The molecule has 0 radical (unpaired) electrons. The lowest BCUT2D eigenvalue weighted by molar-refractivity contribution is -0.135. The second-order valence-corrected chi connectivity index (χ2v) is 7.67. The van der Waals surface area contributed by atoms with E-state index in [9.17, 15) is 4.79 Å². The molecule has 1 aromatic heterocycles. The van der Waals surface area contributed by atoms with Crippen molar-refractivity contribution >= 4 is 21.8 Å². The van der Waals surface area contributed by atoms with Crippen LogP contribution in [0.4, 0.5) is 0 Å². The number of rotatable bonds is 3. The van der Waals surface area contributed by atoms with Gasteiger partial charge >= 0.3 is 0 Å². The summed E-state index contributed by atoms with van der Waals surface area (Å²) < 4.78 is 3.21. The van der Waals surface area contributed by atoms with E-state index >= 15 is 0 Å². The van der Waals surface area contributed by atoms with Gasteiger partial charge in [0.15, 0.2) is 0 Å². The first-order chi connectivity index (χ1) is 11.2. The Morgan fingerprint density at radius 3 is 2.65 bits per heavy atom. The number of fused-ring (bicyclic) bond motifs is 1. The van der Waals surface area contributed by atoms with E-state index < -0.39 is 0 Å². The van der Waals surface area contributed by atoms with Crippen molar-refractivity contribution in [2.45, 2.75) is 38.4 Å². The van der Waals surface area contributed by atoms with E-state index in [1.54, 1.807) is 0 Å². The van der Waals surface area contributed by atoms with Crippen LogP contribution in [0.5, 0.6) is 0 Å². The Morgan fingerprint density at radius 2 is 1.96 bits per heavy atom. The van der Waals surface area contributed by atoms with Crippen molar-refractivity contribution in [1.82, 2.24) is 24.3 Å². The number of carbonyl (C=O) groups excluding carboxylic acids is 1. The maximum atomic E-state index is 12.6. The van der Waals surface area contributed by atoms with E-state index in [1.807, 2.05) is 11.1 Å². The molecule has 1 amide bonds. The van der Waals surface area contributed by atoms with Crippen LogP contribution in [0.2, 0.25) is 0 Å². The molecule has 0 aromatic carbocycles. The maximum absolute atomic E-state index is 12.6. The number of amides is 1. The van der Waals surface area contributed by atoms with Crippen LogP contribution in [0.25, 0.3) is 0 Å². The minimum absolute atomic E-state index is 0.275. The van der Waals surface area contributed by atoms with Gasteiger partial charge in [-0.3, -0.25) is 14.6 Å². The number of halogens is 1. The van der Waals surface area contributed by atoms with Crippen LogP contribution < -0.4 is 0 Å². The van der Waals surface area contributed by atoms with Crippen LogP contribution >= 0.6 is 15.9 Å². The Hall–Kier alpha value is -0.920. The topological polar surface area (TPSA) is 44.6 Å². The Morgan fingerprint density at radius 1 is 1.17 bits per heavy atom. The standard InChI is InChI=1S/C16H24BrN5O/c17-14-10-18-15-11-19(4-9-22(14)15)12-16(23)21-7-5-20(6-8-21)13-2-1-3-13/h10,13H,1-9,11-12H2. The molecule has 126 valence electrons. The Kier molecular flexibility index (Phi) is 4.43. The molecule has 1 aromatic rings. The second kappa shape index (κ2) is 6.53. The molecule has 7 heteroatoms. The van der Waals surface area contributed by atoms with Gasteiger partial charge in [-0.25, -0.2) is 4.98 Å². The number of piperazine rings is 1. The summed E-state index contributed by atoms with van der Waals surface area (Å²) in [4.78, 5) is 23.8. The van der Waals surface area contributed by atoms with Crippen LogP contribution in [-0.2, 0) is 17.9 Å². The van der Waals surface area contributed by atoms with Gasteiger partial charge in [0.1, 0.15) is 10.4 Å². The number of nitrogens with zero attached hydrogens (tertiary/aromatic N) is 5. The SMILES string of the molecule is O=C(CN1CCn2c(Br)cnc2C1)N1CCN(C2CCC2)CC1. The third-order valence-corrected chi connectivity index (χ3v) is 6.14. The summed E-state index contributed by atoms with van der Waals surface area (Å²) >= 11 is 3.52. The highest BCUT2D eigenvalue weighted by Crippen LogP contribution is 2.25. The van der Waals surface area contributed by atoms with Gasteiger partial charge in [-0.2, -0.15) is 0 Å². The van der Waals surface area contributed by atoms with Crippen LogP contribution in [0.1, 0.15) is 25.1 Å². The zero-order chi connectivity index (χ0) is 15.8. The third-order valence-electron chi connectivity index (χ3n) is 5.51. The molecule has 0 N–H and O–H groups in total. The molecule has 23 heavy (non-hydrogen) atoms. The average Bonchev–Trinajstić information content (AvgIpc) is 2.87. The first kappa shape index (κ1) is 15.6. The monoisotopic (exact) mass is 381 g/mol. The number of imidazole rings is 1. The minimum Gasteiger partial charge on any atom is -0.339 e. The highest BCUT2D eigenvalue weighted by Gasteiger charge is 2.30. The molecule has 1 saturated heterocycles. The summed E-state index contributed by atoms with van der Waals surface area (Å²) in [6.45, 7) is 6.98. The highest BCUT2D eigenvalue weighted by atomic mass is 79.9. The lowest BCUT2D eigenvalue weighted by Crippen LogP contribution is -2.55. The summed E-state index contributed by atoms with van der Waals surface area (Å²) in [6, 6.07) is 0.798. The molecular weight excluding hydrogens is 358 g/mol. The van der Waals surface area contributed by atoms with E-state index in [1.165, 1.54) is 19.3 Å². The minimum atomic E-state index is 0.275. The predicted molar refractivity (Wildman–Crippen MR) is 91.0 cm³/mol. The Balaban J connectivity index is 1.27. The normalized spacial score (nSPS) is 23.6. The van der Waals surface area contributed by atoms with Gasteiger partial charge in [0.05, 0.1) is 19.3 Å². The summed E-state index contributed by atoms with van der Waals surface area (Å²) in [5.74, 6) is 1.32. The van der Waals surface area contributed by atoms with Crippen LogP contribution in [0, 0.1) is 0 Å². The summed E-state index contributed by atoms with van der Waals surface area (Å²) in [5.41, 5.74) is 0. The molecule has 0 atom stereocenters. The number of carbonyl (C=O) groups is 1. The maximum Gasteiger partial charge on any atom is 0.236 e. The smallest absolute Gasteiger partial charge is 0.236 e. The average molecular weight is 382 g/mol. The van der Waals surface area contributed by atoms with Gasteiger partial charge in [0.2, 0.25) is 5.91 Å². The first-order valence-electron chi connectivity index (χ1n) is 8.65. The molecular formula is C16H24BrN5O. The van der Waals surface area contributed by atoms with Crippen molar-refractivity contribution in [1.29, 1.82) is 0 Å². The first-order valence-corrected chi connectivity index (χ1v) is 9.44. The van der Waals surface area contributed by atoms with Crippen LogP contribution in [-0.4, -0.2) is 75.5 Å². The van der Waals surface area contributed by atoms with E-state index in [0.717, 1.165) is 62.3 Å². The molecule has 1 aliphatic carbocycles. The number of aromatic nitrogens is 2. The summed E-state index contributed by atoms with van der Waals surface area (Å²) in [7, 11) is 0. The quantitative estimate of drug-likeness (QED) is 0.787. The molecule has 2 aliphatic heterocycles. The van der Waals surface area contributed by atoms with Crippen LogP contribution in [0.15, 0.2) is 10.8 Å². The number of hydrogen-bond acceptors (Lipinski definition) is 4. The van der Waals surface area contributed by atoms with Gasteiger partial charge < -0.3 is 9.47 Å². The molecule has 1 saturated carbocycles. The Labute approximate surface area is 145 Å². The molecule has 3 aliphatic rings. The van der Waals surface area contributed by atoms with Crippen molar-refractivity contribution in [3.05, 3.63) is 16.6 Å². The molecule has 3 heterocycles. The largest absolute Gasteiger partial charge is 0.339 e. The van der Waals surface area contributed by atoms with Crippen molar-refractivity contribution in [3.63, 3.8) is 0 Å². The van der Waals surface area contributed by atoms with E-state index in [0.29, 0.717) is 6.54 Å². The van der Waals surface area contributed by atoms with E-state index in [2.05, 4.69) is 35.3 Å². The second-order valence-electron chi connectivity index (χ2n) is 6.86. The van der Waals surface area contributed by atoms with Crippen molar-refractivity contribution in [2.75, 3.05) is 39.3 Å². The summed E-state index contributed by atoms with van der Waals surface area (Å²) in [6.07, 6.45) is 5.93. The zero-order valence-electron chi connectivity index (χ0n) is 13.5. The van der Waals surface area contributed by atoms with Gasteiger partial charge in [-0.1, -0.05) is 6.42 Å². The van der Waals surface area contributed by atoms with Crippen LogP contribution in [0.3, 0.4) is 0 Å². The van der Waals surface area contributed by atoms with Gasteiger partial charge in [0.25, 0.3) is 0 Å². The van der Waals surface area contributed by atoms with Gasteiger partial charge in [-0.15, -0.1) is 0 Å². The molecule has 0 unspecified atom stereocenters. The molecule has 0 spiro atoms. The molecule has 2 fully saturated rings. The lowest BCUT2D eigenvalue weighted by atomic mass is 9.91. The van der Waals surface area contributed by atoms with Crippen molar-refractivity contribution in [3.8, 4) is 0 Å². The molecule has 6 nitrogen and oxygen atoms in total.